The van der Waals surface area contributed by atoms with Crippen molar-refractivity contribution in [2.24, 2.45) is 0 Å². The van der Waals surface area contributed by atoms with Gasteiger partial charge >= 0.3 is 5.97 Å². The van der Waals surface area contributed by atoms with Crippen LogP contribution in [0.5, 0.6) is 0 Å². The number of carboxylic acids is 1. The Morgan fingerprint density at radius 1 is 1.24 bits per heavy atom. The Labute approximate surface area is 99.0 Å². The van der Waals surface area contributed by atoms with Gasteiger partial charge in [-0.3, -0.25) is 9.97 Å². The summed E-state index contributed by atoms with van der Waals surface area (Å²) in [6.45, 7) is 3.49. The summed E-state index contributed by atoms with van der Waals surface area (Å²) in [4.78, 5) is 19.3. The summed E-state index contributed by atoms with van der Waals surface area (Å²) in [5.74, 6) is -0.936. The van der Waals surface area contributed by atoms with Crippen molar-refractivity contribution in [2.45, 2.75) is 13.8 Å². The molecule has 0 aliphatic heterocycles. The molecule has 0 fully saturated rings. The van der Waals surface area contributed by atoms with Crippen LogP contribution in [-0.4, -0.2) is 21.0 Å². The molecule has 0 saturated heterocycles. The Morgan fingerprint density at radius 3 is 2.41 bits per heavy atom. The quantitative estimate of drug-likeness (QED) is 0.857. The Morgan fingerprint density at radius 2 is 1.88 bits per heavy atom. The molecule has 2 rings (SSSR count). The van der Waals surface area contributed by atoms with Crippen molar-refractivity contribution in [3.8, 4) is 11.3 Å². The van der Waals surface area contributed by atoms with Gasteiger partial charge in [0.15, 0.2) is 0 Å². The van der Waals surface area contributed by atoms with Crippen molar-refractivity contribution in [2.75, 3.05) is 0 Å². The fourth-order valence-electron chi connectivity index (χ4n) is 1.83. The molecule has 2 heterocycles. The molecule has 0 unspecified atom stereocenters. The van der Waals surface area contributed by atoms with Gasteiger partial charge in [0.25, 0.3) is 0 Å². The van der Waals surface area contributed by atoms with Gasteiger partial charge in [0.1, 0.15) is 0 Å². The van der Waals surface area contributed by atoms with E-state index < -0.39 is 5.97 Å². The fourth-order valence-corrected chi connectivity index (χ4v) is 1.83. The molecule has 2 aromatic heterocycles. The van der Waals surface area contributed by atoms with Gasteiger partial charge < -0.3 is 5.11 Å². The minimum atomic E-state index is -0.936. The van der Waals surface area contributed by atoms with Crippen molar-refractivity contribution >= 4 is 5.97 Å². The smallest absolute Gasteiger partial charge is 0.337 e. The molecule has 86 valence electrons. The third-order valence-electron chi connectivity index (χ3n) is 2.59. The number of rotatable bonds is 2. The molecule has 0 amide bonds. The molecule has 0 aromatic carbocycles. The first-order valence-electron chi connectivity index (χ1n) is 5.21. The number of aromatic nitrogens is 2. The average Bonchev–Trinajstić information content (AvgIpc) is 2.28. The first kappa shape index (κ1) is 11.3. The maximum Gasteiger partial charge on any atom is 0.337 e. The van der Waals surface area contributed by atoms with Crippen LogP contribution in [-0.2, 0) is 0 Å². The number of aromatic carboxylic acids is 1. The predicted molar refractivity (Wildman–Crippen MR) is 63.9 cm³/mol. The zero-order chi connectivity index (χ0) is 12.4. The summed E-state index contributed by atoms with van der Waals surface area (Å²) in [6.07, 6.45) is 3.37. The van der Waals surface area contributed by atoms with E-state index >= 15 is 0 Å². The van der Waals surface area contributed by atoms with Gasteiger partial charge in [0, 0.05) is 18.0 Å². The first-order valence-corrected chi connectivity index (χ1v) is 5.21. The molecular weight excluding hydrogens is 216 g/mol. The highest BCUT2D eigenvalue weighted by atomic mass is 16.4. The van der Waals surface area contributed by atoms with Crippen molar-refractivity contribution in [3.63, 3.8) is 0 Å². The van der Waals surface area contributed by atoms with Gasteiger partial charge in [-0.25, -0.2) is 4.79 Å². The van der Waals surface area contributed by atoms with E-state index in [4.69, 9.17) is 5.11 Å². The SMILES string of the molecule is Cc1cc(-c2ccncc2)nc(C)c1C(=O)O. The van der Waals surface area contributed by atoms with Crippen LogP contribution in [0.4, 0.5) is 0 Å². The minimum Gasteiger partial charge on any atom is -0.478 e. The summed E-state index contributed by atoms with van der Waals surface area (Å²) >= 11 is 0. The molecule has 1 N–H and O–H groups in total. The summed E-state index contributed by atoms with van der Waals surface area (Å²) in [5, 5.41) is 9.06. The van der Waals surface area contributed by atoms with Gasteiger partial charge in [0.05, 0.1) is 17.0 Å². The summed E-state index contributed by atoms with van der Waals surface area (Å²) in [7, 11) is 0. The van der Waals surface area contributed by atoms with Crippen molar-refractivity contribution in [1.82, 2.24) is 9.97 Å². The van der Waals surface area contributed by atoms with E-state index in [9.17, 15) is 4.79 Å². The van der Waals surface area contributed by atoms with Crippen LogP contribution >= 0.6 is 0 Å². The molecule has 0 atom stereocenters. The molecule has 0 spiro atoms. The highest BCUT2D eigenvalue weighted by Gasteiger charge is 2.13. The van der Waals surface area contributed by atoms with Gasteiger partial charge in [0.2, 0.25) is 0 Å². The van der Waals surface area contributed by atoms with Gasteiger partial charge in [-0.2, -0.15) is 0 Å². The van der Waals surface area contributed by atoms with Gasteiger partial charge in [-0.15, -0.1) is 0 Å². The van der Waals surface area contributed by atoms with Crippen LogP contribution in [0.3, 0.4) is 0 Å². The lowest BCUT2D eigenvalue weighted by Crippen LogP contribution is -2.05. The molecule has 0 saturated carbocycles. The average molecular weight is 228 g/mol. The van der Waals surface area contributed by atoms with Crippen LogP contribution < -0.4 is 0 Å². The number of hydrogen-bond acceptors (Lipinski definition) is 3. The monoisotopic (exact) mass is 228 g/mol. The highest BCUT2D eigenvalue weighted by molar-refractivity contribution is 5.91. The highest BCUT2D eigenvalue weighted by Crippen LogP contribution is 2.21. The largest absolute Gasteiger partial charge is 0.478 e. The standard InChI is InChI=1S/C13H12N2O2/c1-8-7-11(10-3-5-14-6-4-10)15-9(2)12(8)13(16)17/h3-7H,1-2H3,(H,16,17). The third-order valence-corrected chi connectivity index (χ3v) is 2.59. The normalized spacial score (nSPS) is 10.2. The maximum absolute atomic E-state index is 11.0. The lowest BCUT2D eigenvalue weighted by Gasteiger charge is -2.08. The Kier molecular flexibility index (Phi) is 2.87. The Hall–Kier alpha value is -2.23. The second-order valence-corrected chi connectivity index (χ2v) is 3.83. The van der Waals surface area contributed by atoms with E-state index in [0.29, 0.717) is 5.69 Å². The van der Waals surface area contributed by atoms with Crippen LogP contribution in [0, 0.1) is 13.8 Å². The lowest BCUT2D eigenvalue weighted by atomic mass is 10.0. The summed E-state index contributed by atoms with van der Waals surface area (Å²) in [5.41, 5.74) is 3.24. The van der Waals surface area contributed by atoms with Crippen molar-refractivity contribution in [3.05, 3.63) is 47.4 Å². The van der Waals surface area contributed by atoms with E-state index in [1.807, 2.05) is 12.1 Å². The molecular formula is C13H12N2O2. The number of carbonyl (C=O) groups is 1. The van der Waals surface area contributed by atoms with Crippen LogP contribution in [0.1, 0.15) is 21.6 Å². The van der Waals surface area contributed by atoms with E-state index in [2.05, 4.69) is 9.97 Å². The van der Waals surface area contributed by atoms with Crippen molar-refractivity contribution in [1.29, 1.82) is 0 Å². The number of carboxylic acid groups (broad SMARTS) is 1. The molecule has 0 bridgehead atoms. The molecule has 2 aromatic rings. The van der Waals surface area contributed by atoms with E-state index in [-0.39, 0.29) is 5.56 Å². The second kappa shape index (κ2) is 4.33. The predicted octanol–water partition coefficient (Wildman–Crippen LogP) is 2.46. The van der Waals surface area contributed by atoms with E-state index in [1.165, 1.54) is 0 Å². The zero-order valence-corrected chi connectivity index (χ0v) is 9.64. The minimum absolute atomic E-state index is 0.280. The van der Waals surface area contributed by atoms with Crippen LogP contribution in [0.2, 0.25) is 0 Å². The number of nitrogens with zero attached hydrogens (tertiary/aromatic N) is 2. The zero-order valence-electron chi connectivity index (χ0n) is 9.64. The van der Waals surface area contributed by atoms with Crippen molar-refractivity contribution < 1.29 is 9.90 Å². The van der Waals surface area contributed by atoms with Gasteiger partial charge in [-0.05, 0) is 37.6 Å². The third kappa shape index (κ3) is 2.15. The number of aryl methyl sites for hydroxylation is 2. The summed E-state index contributed by atoms with van der Waals surface area (Å²) < 4.78 is 0. The summed E-state index contributed by atoms with van der Waals surface area (Å²) in [6, 6.07) is 5.48. The van der Waals surface area contributed by atoms with Gasteiger partial charge in [-0.1, -0.05) is 0 Å². The van der Waals surface area contributed by atoms with E-state index in [0.717, 1.165) is 16.8 Å². The molecule has 0 aliphatic carbocycles. The first-order chi connectivity index (χ1) is 8.09. The lowest BCUT2D eigenvalue weighted by molar-refractivity contribution is 0.0695. The topological polar surface area (TPSA) is 63.1 Å². The Balaban J connectivity index is 2.57. The molecule has 0 aliphatic rings. The van der Waals surface area contributed by atoms with E-state index in [1.54, 1.807) is 32.3 Å². The van der Waals surface area contributed by atoms with Crippen LogP contribution in [0.15, 0.2) is 30.6 Å². The molecule has 4 heteroatoms. The Bertz CT molecular complexity index is 542. The fraction of sp³-hybridized carbons (Fsp3) is 0.154. The maximum atomic E-state index is 11.0. The van der Waals surface area contributed by atoms with Crippen LogP contribution in [0.25, 0.3) is 11.3 Å². The molecule has 4 nitrogen and oxygen atoms in total. The number of hydrogen-bond donors (Lipinski definition) is 1. The second-order valence-electron chi connectivity index (χ2n) is 3.83. The molecule has 0 radical (unpaired) electrons. The number of pyridine rings is 2. The molecule has 17 heavy (non-hydrogen) atoms.